The fourth-order valence-electron chi connectivity index (χ4n) is 3.48. The summed E-state index contributed by atoms with van der Waals surface area (Å²) in [6.07, 6.45) is 4.55. The number of thiophene rings is 1. The first-order valence-corrected chi connectivity index (χ1v) is 12.1. The molecule has 2 aromatic rings. The lowest BCUT2D eigenvalue weighted by molar-refractivity contribution is 0.0215. The van der Waals surface area contributed by atoms with E-state index in [-0.39, 0.29) is 11.4 Å². The summed E-state index contributed by atoms with van der Waals surface area (Å²) in [4.78, 5) is 13.7. The number of rotatable bonds is 11. The maximum atomic E-state index is 11.8. The quantitative estimate of drug-likeness (QED) is 0.406. The van der Waals surface area contributed by atoms with Crippen molar-refractivity contribution in [2.24, 2.45) is 5.41 Å². The third kappa shape index (κ3) is 7.36. The number of aryl methyl sites for hydroxylation is 2. The number of hydrogen-bond donors (Lipinski definition) is 1. The summed E-state index contributed by atoms with van der Waals surface area (Å²) in [5.41, 5.74) is 2.31. The van der Waals surface area contributed by atoms with Crippen molar-refractivity contribution in [3.05, 3.63) is 51.2 Å². The number of hydrogen-bond acceptors (Lipinski definition) is 5. The molecule has 0 aliphatic rings. The lowest BCUT2D eigenvalue weighted by Crippen LogP contribution is -2.32. The SMILES string of the molecule is CCCc1cc(CCC(CC)c2ccc(C(=O)OC)s2)ccc1OCC(O)C(C)(C)C. The maximum Gasteiger partial charge on any atom is 0.348 e. The van der Waals surface area contributed by atoms with Crippen LogP contribution in [0, 0.1) is 5.41 Å². The van der Waals surface area contributed by atoms with Crippen LogP contribution in [-0.2, 0) is 17.6 Å². The van der Waals surface area contributed by atoms with E-state index < -0.39 is 6.10 Å². The van der Waals surface area contributed by atoms with E-state index in [1.807, 2.05) is 26.8 Å². The van der Waals surface area contributed by atoms with Gasteiger partial charge in [0.2, 0.25) is 0 Å². The van der Waals surface area contributed by atoms with E-state index in [0.717, 1.165) is 37.9 Å². The summed E-state index contributed by atoms with van der Waals surface area (Å²) in [7, 11) is 1.42. The molecule has 0 radical (unpaired) electrons. The number of carbonyl (C=O) groups excluding carboxylic acids is 1. The number of benzene rings is 1. The average molecular weight is 447 g/mol. The Morgan fingerprint density at radius 2 is 1.87 bits per heavy atom. The van der Waals surface area contributed by atoms with Crippen LogP contribution in [-0.4, -0.2) is 30.9 Å². The predicted octanol–water partition coefficient (Wildman–Crippen LogP) is 6.40. The van der Waals surface area contributed by atoms with Gasteiger partial charge in [0, 0.05) is 4.88 Å². The van der Waals surface area contributed by atoms with Crippen molar-refractivity contribution in [2.75, 3.05) is 13.7 Å². The van der Waals surface area contributed by atoms with E-state index in [1.54, 1.807) is 11.3 Å². The average Bonchev–Trinajstić information content (AvgIpc) is 3.22. The molecule has 5 heteroatoms. The van der Waals surface area contributed by atoms with Crippen molar-refractivity contribution < 1.29 is 19.4 Å². The molecule has 0 aliphatic carbocycles. The molecule has 1 N–H and O–H groups in total. The third-order valence-corrected chi connectivity index (χ3v) is 6.96. The topological polar surface area (TPSA) is 55.8 Å². The molecule has 1 aromatic heterocycles. The Labute approximate surface area is 191 Å². The molecule has 2 unspecified atom stereocenters. The number of methoxy groups -OCH3 is 1. The van der Waals surface area contributed by atoms with Gasteiger partial charge in [0.1, 0.15) is 17.2 Å². The van der Waals surface area contributed by atoms with Gasteiger partial charge in [0.05, 0.1) is 13.2 Å². The molecule has 0 aliphatic heterocycles. The van der Waals surface area contributed by atoms with Crippen LogP contribution >= 0.6 is 11.3 Å². The zero-order chi connectivity index (χ0) is 23.0. The summed E-state index contributed by atoms with van der Waals surface area (Å²) in [5, 5.41) is 10.3. The molecular weight excluding hydrogens is 408 g/mol. The highest BCUT2D eigenvalue weighted by Gasteiger charge is 2.23. The van der Waals surface area contributed by atoms with Crippen LogP contribution in [0.5, 0.6) is 5.75 Å². The van der Waals surface area contributed by atoms with Crippen molar-refractivity contribution in [1.82, 2.24) is 0 Å². The number of aliphatic hydroxyl groups is 1. The molecule has 4 nitrogen and oxygen atoms in total. The Kier molecular flexibility index (Phi) is 9.57. The normalized spacial score (nSPS) is 13.6. The molecule has 0 amide bonds. The Morgan fingerprint density at radius 3 is 2.48 bits per heavy atom. The Balaban J connectivity index is 2.06. The minimum absolute atomic E-state index is 0.199. The summed E-state index contributed by atoms with van der Waals surface area (Å²) in [6.45, 7) is 10.7. The highest BCUT2D eigenvalue weighted by atomic mass is 32.1. The zero-order valence-corrected chi connectivity index (χ0v) is 20.7. The Morgan fingerprint density at radius 1 is 1.13 bits per heavy atom. The fraction of sp³-hybridized carbons (Fsp3) is 0.577. The van der Waals surface area contributed by atoms with E-state index in [2.05, 4.69) is 38.1 Å². The van der Waals surface area contributed by atoms with E-state index >= 15 is 0 Å². The van der Waals surface area contributed by atoms with Gasteiger partial charge in [0.25, 0.3) is 0 Å². The first kappa shape index (κ1) is 25.4. The van der Waals surface area contributed by atoms with E-state index in [4.69, 9.17) is 9.47 Å². The molecule has 0 saturated heterocycles. The maximum absolute atomic E-state index is 11.8. The highest BCUT2D eigenvalue weighted by molar-refractivity contribution is 7.14. The van der Waals surface area contributed by atoms with Crippen LogP contribution in [0.25, 0.3) is 0 Å². The van der Waals surface area contributed by atoms with Gasteiger partial charge in [0.15, 0.2) is 0 Å². The van der Waals surface area contributed by atoms with Gasteiger partial charge in [-0.15, -0.1) is 11.3 Å². The van der Waals surface area contributed by atoms with Crippen LogP contribution in [0.3, 0.4) is 0 Å². The van der Waals surface area contributed by atoms with Crippen LogP contribution in [0.4, 0.5) is 0 Å². The second kappa shape index (κ2) is 11.7. The van der Waals surface area contributed by atoms with Gasteiger partial charge in [-0.1, -0.05) is 53.2 Å². The summed E-state index contributed by atoms with van der Waals surface area (Å²) in [5.74, 6) is 1.04. The van der Waals surface area contributed by atoms with Gasteiger partial charge >= 0.3 is 5.97 Å². The van der Waals surface area contributed by atoms with Crippen LogP contribution in [0.15, 0.2) is 30.3 Å². The minimum Gasteiger partial charge on any atom is -0.491 e. The lowest BCUT2D eigenvalue weighted by atomic mass is 9.90. The van der Waals surface area contributed by atoms with E-state index in [9.17, 15) is 9.90 Å². The van der Waals surface area contributed by atoms with Gasteiger partial charge < -0.3 is 14.6 Å². The van der Waals surface area contributed by atoms with Gasteiger partial charge in [-0.05, 0) is 66.3 Å². The van der Waals surface area contributed by atoms with E-state index in [0.29, 0.717) is 17.4 Å². The molecule has 1 heterocycles. The summed E-state index contributed by atoms with van der Waals surface area (Å²) >= 11 is 1.54. The predicted molar refractivity (Wildman–Crippen MR) is 128 cm³/mol. The minimum atomic E-state index is -0.507. The Hall–Kier alpha value is -1.85. The second-order valence-electron chi connectivity index (χ2n) is 9.22. The van der Waals surface area contributed by atoms with Crippen molar-refractivity contribution in [2.45, 2.75) is 78.7 Å². The Bertz CT molecular complexity index is 834. The summed E-state index contributed by atoms with van der Waals surface area (Å²) in [6, 6.07) is 10.4. The molecule has 2 atom stereocenters. The van der Waals surface area contributed by atoms with Crippen LogP contribution < -0.4 is 4.74 Å². The largest absolute Gasteiger partial charge is 0.491 e. The number of ether oxygens (including phenoxy) is 2. The third-order valence-electron chi connectivity index (χ3n) is 5.73. The fourth-order valence-corrected chi connectivity index (χ4v) is 4.63. The van der Waals surface area contributed by atoms with Gasteiger partial charge in [-0.25, -0.2) is 4.79 Å². The monoisotopic (exact) mass is 446 g/mol. The molecule has 0 spiro atoms. The second-order valence-corrected chi connectivity index (χ2v) is 10.3. The molecule has 0 bridgehead atoms. The standard InChI is InChI=1S/C26H38O4S/c1-7-9-20-16-18(11-13-21(20)30-17-24(27)26(3,4)5)10-12-19(8-2)22-14-15-23(31-22)25(28)29-6/h11,13-16,19,24,27H,7-10,12,17H2,1-6H3. The smallest absolute Gasteiger partial charge is 0.348 e. The molecule has 0 saturated carbocycles. The molecule has 0 fully saturated rings. The highest BCUT2D eigenvalue weighted by Crippen LogP contribution is 2.32. The van der Waals surface area contributed by atoms with Crippen LogP contribution in [0.1, 0.15) is 85.5 Å². The zero-order valence-electron chi connectivity index (χ0n) is 19.9. The molecule has 31 heavy (non-hydrogen) atoms. The number of esters is 1. The van der Waals surface area contributed by atoms with Crippen LogP contribution in [0.2, 0.25) is 0 Å². The van der Waals surface area contributed by atoms with E-state index in [1.165, 1.54) is 23.1 Å². The molecule has 172 valence electrons. The van der Waals surface area contributed by atoms with Crippen molar-refractivity contribution in [3.63, 3.8) is 0 Å². The van der Waals surface area contributed by atoms with Gasteiger partial charge in [-0.3, -0.25) is 0 Å². The molecular formula is C26H38O4S. The number of carbonyl (C=O) groups is 1. The summed E-state index contributed by atoms with van der Waals surface area (Å²) < 4.78 is 10.8. The van der Waals surface area contributed by atoms with Crippen molar-refractivity contribution >= 4 is 17.3 Å². The number of aliphatic hydroxyl groups excluding tert-OH is 1. The van der Waals surface area contributed by atoms with Crippen molar-refractivity contribution in [1.29, 1.82) is 0 Å². The van der Waals surface area contributed by atoms with Gasteiger partial charge in [-0.2, -0.15) is 0 Å². The first-order chi connectivity index (χ1) is 14.7. The van der Waals surface area contributed by atoms with Crippen molar-refractivity contribution in [3.8, 4) is 5.75 Å². The molecule has 2 rings (SSSR count). The molecule has 1 aromatic carbocycles. The first-order valence-electron chi connectivity index (χ1n) is 11.3. The lowest BCUT2D eigenvalue weighted by Gasteiger charge is -2.26.